The molecule has 2 heteroatoms. The summed E-state index contributed by atoms with van der Waals surface area (Å²) in [5, 5.41) is 3.44. The Labute approximate surface area is 131 Å². The largest absolute Gasteiger partial charge is 0.377 e. The van der Waals surface area contributed by atoms with E-state index in [1.165, 1.54) is 49.7 Å². The molecule has 120 valence electrons. The van der Waals surface area contributed by atoms with Gasteiger partial charge in [0.05, 0.1) is 6.61 Å². The molecule has 1 rings (SSSR count). The third kappa shape index (κ3) is 9.65. The zero-order chi connectivity index (χ0) is 15.2. The fourth-order valence-electron chi connectivity index (χ4n) is 2.33. The quantitative estimate of drug-likeness (QED) is 0.531. The second-order valence-electron chi connectivity index (χ2n) is 5.78. The van der Waals surface area contributed by atoms with E-state index in [0.29, 0.717) is 0 Å². The molecule has 1 aromatic rings. The molecule has 0 aromatic heterocycles. The zero-order valence-electron chi connectivity index (χ0n) is 14.0. The van der Waals surface area contributed by atoms with Crippen LogP contribution in [0.5, 0.6) is 0 Å². The van der Waals surface area contributed by atoms with Crippen molar-refractivity contribution < 1.29 is 4.74 Å². The van der Waals surface area contributed by atoms with Crippen molar-refractivity contribution in [1.29, 1.82) is 0 Å². The lowest BCUT2D eigenvalue weighted by molar-refractivity contribution is 0.116. The molecule has 0 spiro atoms. The molecule has 0 heterocycles. The first-order valence-electron chi connectivity index (χ1n) is 8.73. The fourth-order valence-corrected chi connectivity index (χ4v) is 2.33. The number of ether oxygens (including phenoxy) is 1. The maximum atomic E-state index is 5.74. The molecule has 2 nitrogen and oxygen atoms in total. The molecule has 0 bridgehead atoms. The van der Waals surface area contributed by atoms with Crippen LogP contribution in [0.3, 0.4) is 0 Å². The van der Waals surface area contributed by atoms with Crippen LogP contribution in [0.2, 0.25) is 0 Å². The molecule has 0 saturated heterocycles. The van der Waals surface area contributed by atoms with Crippen LogP contribution in [0.4, 0.5) is 0 Å². The van der Waals surface area contributed by atoms with Gasteiger partial charge in [0.1, 0.15) is 0 Å². The molecule has 0 atom stereocenters. The third-order valence-electron chi connectivity index (χ3n) is 3.70. The average Bonchev–Trinajstić information content (AvgIpc) is 2.52. The van der Waals surface area contributed by atoms with Crippen molar-refractivity contribution in [2.24, 2.45) is 0 Å². The monoisotopic (exact) mass is 291 g/mol. The summed E-state index contributed by atoms with van der Waals surface area (Å²) in [4.78, 5) is 0. The van der Waals surface area contributed by atoms with Gasteiger partial charge in [0.15, 0.2) is 0 Å². The summed E-state index contributed by atoms with van der Waals surface area (Å²) in [7, 11) is 0. The summed E-state index contributed by atoms with van der Waals surface area (Å²) < 4.78 is 5.74. The molecule has 0 aliphatic carbocycles. The van der Waals surface area contributed by atoms with Crippen LogP contribution in [0, 0.1) is 0 Å². The third-order valence-corrected chi connectivity index (χ3v) is 3.70. The van der Waals surface area contributed by atoms with Crippen LogP contribution >= 0.6 is 0 Å². The highest BCUT2D eigenvalue weighted by atomic mass is 16.5. The van der Waals surface area contributed by atoms with Crippen molar-refractivity contribution in [2.45, 2.75) is 65.4 Å². The van der Waals surface area contributed by atoms with Gasteiger partial charge in [0, 0.05) is 6.61 Å². The van der Waals surface area contributed by atoms with Crippen LogP contribution in [0.25, 0.3) is 0 Å². The number of nitrogens with one attached hydrogen (secondary N) is 1. The minimum Gasteiger partial charge on any atom is -0.377 e. The molecule has 0 aliphatic rings. The second kappa shape index (κ2) is 12.8. The van der Waals surface area contributed by atoms with Crippen LogP contribution in [-0.4, -0.2) is 19.7 Å². The van der Waals surface area contributed by atoms with Gasteiger partial charge in [-0.15, -0.1) is 0 Å². The lowest BCUT2D eigenvalue weighted by Gasteiger charge is -2.07. The van der Waals surface area contributed by atoms with Crippen molar-refractivity contribution in [3.05, 3.63) is 35.4 Å². The molecule has 0 unspecified atom stereocenters. The van der Waals surface area contributed by atoms with Crippen molar-refractivity contribution in [3.8, 4) is 0 Å². The predicted octanol–water partition coefficient (Wildman–Crippen LogP) is 4.72. The van der Waals surface area contributed by atoms with E-state index in [1.807, 2.05) is 0 Å². The van der Waals surface area contributed by atoms with Crippen molar-refractivity contribution >= 4 is 0 Å². The first kappa shape index (κ1) is 18.2. The van der Waals surface area contributed by atoms with E-state index in [-0.39, 0.29) is 0 Å². The van der Waals surface area contributed by atoms with E-state index in [4.69, 9.17) is 4.74 Å². The molecule has 21 heavy (non-hydrogen) atoms. The topological polar surface area (TPSA) is 21.3 Å². The Hall–Kier alpha value is -0.860. The highest BCUT2D eigenvalue weighted by Crippen LogP contribution is 2.08. The lowest BCUT2D eigenvalue weighted by atomic mass is 10.1. The molecule has 0 aliphatic heterocycles. The number of benzene rings is 1. The maximum absolute atomic E-state index is 5.74. The molecule has 0 radical (unpaired) electrons. The van der Waals surface area contributed by atoms with Gasteiger partial charge >= 0.3 is 0 Å². The van der Waals surface area contributed by atoms with E-state index in [9.17, 15) is 0 Å². The summed E-state index contributed by atoms with van der Waals surface area (Å²) in [6.45, 7) is 8.28. The Bertz CT molecular complexity index is 334. The van der Waals surface area contributed by atoms with Gasteiger partial charge in [-0.25, -0.2) is 0 Å². The maximum Gasteiger partial charge on any atom is 0.0716 e. The Balaban J connectivity index is 2.07. The number of hydrogen-bond donors (Lipinski definition) is 1. The van der Waals surface area contributed by atoms with E-state index in [1.54, 1.807) is 0 Å². The minimum absolute atomic E-state index is 0.752. The molecule has 0 saturated carbocycles. The Morgan fingerprint density at radius 1 is 0.810 bits per heavy atom. The molecular weight excluding hydrogens is 258 g/mol. The van der Waals surface area contributed by atoms with Crippen LogP contribution in [0.1, 0.15) is 63.5 Å². The Kier molecular flexibility index (Phi) is 11.1. The number of hydrogen-bond acceptors (Lipinski definition) is 2. The molecule has 1 N–H and O–H groups in total. The van der Waals surface area contributed by atoms with Crippen LogP contribution in [0.15, 0.2) is 24.3 Å². The molecule has 0 amide bonds. The Morgan fingerprint density at radius 3 is 2.24 bits per heavy atom. The van der Waals surface area contributed by atoms with Crippen LogP contribution in [-0.2, 0) is 17.8 Å². The van der Waals surface area contributed by atoms with Gasteiger partial charge in [-0.05, 0) is 43.5 Å². The highest BCUT2D eigenvalue weighted by Gasteiger charge is 1.96. The fraction of sp³-hybridized carbons (Fsp3) is 0.684. The van der Waals surface area contributed by atoms with Crippen molar-refractivity contribution in [1.82, 2.24) is 5.32 Å². The summed E-state index contributed by atoms with van der Waals surface area (Å²) in [6, 6.07) is 8.86. The first-order valence-corrected chi connectivity index (χ1v) is 8.73. The highest BCUT2D eigenvalue weighted by molar-refractivity contribution is 5.22. The summed E-state index contributed by atoms with van der Waals surface area (Å²) in [6.07, 6.45) is 8.82. The summed E-state index contributed by atoms with van der Waals surface area (Å²) in [5.41, 5.74) is 2.69. The van der Waals surface area contributed by atoms with E-state index < -0.39 is 0 Å². The van der Waals surface area contributed by atoms with E-state index in [0.717, 1.165) is 32.7 Å². The van der Waals surface area contributed by atoms with Gasteiger partial charge in [0.2, 0.25) is 0 Å². The normalized spacial score (nSPS) is 11.0. The SMILES string of the molecule is CCCCCCCOCc1ccc(CCNCCC)cc1. The van der Waals surface area contributed by atoms with Gasteiger partial charge in [-0.3, -0.25) is 0 Å². The first-order chi connectivity index (χ1) is 10.4. The average molecular weight is 291 g/mol. The standard InChI is InChI=1S/C19H33NO/c1-3-5-6-7-8-16-21-17-19-11-9-18(10-12-19)13-15-20-14-4-2/h9-12,20H,3-8,13-17H2,1-2H3. The smallest absolute Gasteiger partial charge is 0.0716 e. The van der Waals surface area contributed by atoms with E-state index >= 15 is 0 Å². The van der Waals surface area contributed by atoms with Crippen LogP contribution < -0.4 is 5.32 Å². The molecule has 1 aromatic carbocycles. The molecular formula is C19H33NO. The van der Waals surface area contributed by atoms with Gasteiger partial charge in [-0.1, -0.05) is 63.8 Å². The zero-order valence-corrected chi connectivity index (χ0v) is 14.0. The minimum atomic E-state index is 0.752. The lowest BCUT2D eigenvalue weighted by Crippen LogP contribution is -2.17. The van der Waals surface area contributed by atoms with E-state index in [2.05, 4.69) is 43.4 Å². The van der Waals surface area contributed by atoms with Gasteiger partial charge in [-0.2, -0.15) is 0 Å². The second-order valence-corrected chi connectivity index (χ2v) is 5.78. The van der Waals surface area contributed by atoms with Crippen molar-refractivity contribution in [2.75, 3.05) is 19.7 Å². The number of rotatable bonds is 13. The summed E-state index contributed by atoms with van der Waals surface area (Å²) in [5.74, 6) is 0. The summed E-state index contributed by atoms with van der Waals surface area (Å²) >= 11 is 0. The number of unbranched alkanes of at least 4 members (excludes halogenated alkanes) is 4. The predicted molar refractivity (Wildman–Crippen MR) is 91.7 cm³/mol. The molecule has 0 fully saturated rings. The Morgan fingerprint density at radius 2 is 1.52 bits per heavy atom. The van der Waals surface area contributed by atoms with Gasteiger partial charge in [0.25, 0.3) is 0 Å². The van der Waals surface area contributed by atoms with Crippen molar-refractivity contribution in [3.63, 3.8) is 0 Å². The van der Waals surface area contributed by atoms with Gasteiger partial charge < -0.3 is 10.1 Å².